The number of hydrogen-bond donors (Lipinski definition) is 0. The van der Waals surface area contributed by atoms with Crippen LogP contribution in [0.15, 0.2) is 12.7 Å². The predicted octanol–water partition coefficient (Wildman–Crippen LogP) is 2.61. The monoisotopic (exact) mass is 98.1 g/mol. The van der Waals surface area contributed by atoms with E-state index < -0.39 is 0 Å². The van der Waals surface area contributed by atoms with Crippen molar-refractivity contribution in [3.63, 3.8) is 0 Å². The average molecular weight is 98.2 g/mol. The van der Waals surface area contributed by atoms with Crippen LogP contribution in [-0.2, 0) is 0 Å². The fraction of sp³-hybridized carbons (Fsp3) is 0.714. The molecule has 0 amide bonds. The van der Waals surface area contributed by atoms with E-state index in [-0.39, 0.29) is 0 Å². The van der Waals surface area contributed by atoms with Gasteiger partial charge in [0.15, 0.2) is 0 Å². The second-order valence-corrected chi connectivity index (χ2v) is 2.09. The maximum absolute atomic E-state index is 3.36. The van der Waals surface area contributed by atoms with Crippen LogP contribution in [0.4, 0.5) is 0 Å². The number of hydrogen-bond acceptors (Lipinski definition) is 0. The maximum atomic E-state index is 3.36. The molecule has 1 aliphatic carbocycles. The average Bonchev–Trinajstić information content (AvgIpc) is 2.25. The van der Waals surface area contributed by atoms with Crippen molar-refractivity contribution in [2.24, 2.45) is 5.92 Å². The summed E-state index contributed by atoms with van der Waals surface area (Å²) in [6.45, 7) is 7.53. The standard InChI is InChI=1S/C4H8.C3H6/c1-4-2-3-4;1-3-2/h4H,2-3H2,1H3;3H,1H2,2H3. The van der Waals surface area contributed by atoms with Gasteiger partial charge in [-0.15, -0.1) is 6.58 Å². The molecule has 0 nitrogen and oxygen atoms in total. The van der Waals surface area contributed by atoms with Gasteiger partial charge in [0.1, 0.15) is 0 Å². The lowest BCUT2D eigenvalue weighted by Gasteiger charge is -1.53. The fourth-order valence-corrected chi connectivity index (χ4v) is 0.167. The molecule has 0 spiro atoms. The Morgan fingerprint density at radius 3 is 1.71 bits per heavy atom. The van der Waals surface area contributed by atoms with E-state index in [1.54, 1.807) is 6.08 Å². The lowest BCUT2D eigenvalue weighted by atomic mass is 10.5. The van der Waals surface area contributed by atoms with Crippen LogP contribution in [0.3, 0.4) is 0 Å². The Hall–Kier alpha value is -0.260. The third kappa shape index (κ3) is 10.7. The van der Waals surface area contributed by atoms with Crippen molar-refractivity contribution in [1.82, 2.24) is 0 Å². The Labute approximate surface area is 46.2 Å². The molecule has 0 aromatic rings. The van der Waals surface area contributed by atoms with E-state index in [2.05, 4.69) is 13.5 Å². The zero-order valence-electron chi connectivity index (χ0n) is 5.28. The fourth-order valence-electron chi connectivity index (χ4n) is 0.167. The van der Waals surface area contributed by atoms with Gasteiger partial charge in [-0.25, -0.2) is 0 Å². The molecule has 0 aromatic carbocycles. The molecule has 0 saturated heterocycles. The third-order valence-electron chi connectivity index (χ3n) is 0.866. The predicted molar refractivity (Wildman–Crippen MR) is 34.3 cm³/mol. The lowest BCUT2D eigenvalue weighted by Crippen LogP contribution is -1.42. The highest BCUT2D eigenvalue weighted by Crippen LogP contribution is 2.26. The summed E-state index contributed by atoms with van der Waals surface area (Å²) in [5.41, 5.74) is 0. The second kappa shape index (κ2) is 3.91. The largest absolute Gasteiger partial charge is 0.103 e. The molecule has 0 aliphatic heterocycles. The van der Waals surface area contributed by atoms with E-state index in [1.807, 2.05) is 6.92 Å². The van der Waals surface area contributed by atoms with Crippen LogP contribution in [-0.4, -0.2) is 0 Å². The molecule has 0 unspecified atom stereocenters. The number of allylic oxidation sites excluding steroid dienone is 1. The summed E-state index contributed by atoms with van der Waals surface area (Å²) < 4.78 is 0. The van der Waals surface area contributed by atoms with Crippen LogP contribution in [0.1, 0.15) is 26.7 Å². The van der Waals surface area contributed by atoms with Crippen LogP contribution < -0.4 is 0 Å². The molecule has 0 atom stereocenters. The van der Waals surface area contributed by atoms with Crippen LogP contribution in [0, 0.1) is 5.92 Å². The van der Waals surface area contributed by atoms with Crippen LogP contribution >= 0.6 is 0 Å². The highest BCUT2D eigenvalue weighted by atomic mass is 14.2. The van der Waals surface area contributed by atoms with Gasteiger partial charge in [-0.3, -0.25) is 0 Å². The first-order chi connectivity index (χ1) is 3.31. The summed E-state index contributed by atoms with van der Waals surface area (Å²) in [6.07, 6.45) is 4.72. The van der Waals surface area contributed by atoms with Crippen LogP contribution in [0.25, 0.3) is 0 Å². The minimum atomic E-state index is 1.08. The van der Waals surface area contributed by atoms with Gasteiger partial charge in [0.25, 0.3) is 0 Å². The van der Waals surface area contributed by atoms with Gasteiger partial charge in [0.05, 0.1) is 0 Å². The van der Waals surface area contributed by atoms with Crippen molar-refractivity contribution in [1.29, 1.82) is 0 Å². The van der Waals surface area contributed by atoms with E-state index in [4.69, 9.17) is 0 Å². The van der Waals surface area contributed by atoms with Crippen LogP contribution in [0.5, 0.6) is 0 Å². The van der Waals surface area contributed by atoms with E-state index in [1.165, 1.54) is 12.8 Å². The first kappa shape index (κ1) is 6.74. The Morgan fingerprint density at radius 2 is 1.71 bits per heavy atom. The first-order valence-electron chi connectivity index (χ1n) is 2.88. The van der Waals surface area contributed by atoms with Crippen molar-refractivity contribution < 1.29 is 0 Å². The molecule has 1 fully saturated rings. The van der Waals surface area contributed by atoms with Gasteiger partial charge in [0, 0.05) is 0 Å². The van der Waals surface area contributed by atoms with Crippen molar-refractivity contribution in [3.05, 3.63) is 12.7 Å². The van der Waals surface area contributed by atoms with E-state index >= 15 is 0 Å². The molecule has 42 valence electrons. The summed E-state index contributed by atoms with van der Waals surface area (Å²) in [5, 5.41) is 0. The van der Waals surface area contributed by atoms with Gasteiger partial charge in [0.2, 0.25) is 0 Å². The van der Waals surface area contributed by atoms with Crippen molar-refractivity contribution >= 4 is 0 Å². The van der Waals surface area contributed by atoms with Gasteiger partial charge < -0.3 is 0 Å². The SMILES string of the molecule is C=CC.CC1CC1. The highest BCUT2D eigenvalue weighted by Gasteiger charge is 2.12. The zero-order valence-corrected chi connectivity index (χ0v) is 5.28. The van der Waals surface area contributed by atoms with E-state index in [0.717, 1.165) is 5.92 Å². The molecule has 0 heteroatoms. The molecule has 7 heavy (non-hydrogen) atoms. The normalized spacial score (nSPS) is 16.9. The molecule has 0 N–H and O–H groups in total. The minimum absolute atomic E-state index is 1.08. The summed E-state index contributed by atoms with van der Waals surface area (Å²) in [6, 6.07) is 0. The Balaban J connectivity index is 0.000000110. The summed E-state index contributed by atoms with van der Waals surface area (Å²) in [5.74, 6) is 1.08. The molecule has 0 aromatic heterocycles. The highest BCUT2D eigenvalue weighted by molar-refractivity contribution is 4.65. The van der Waals surface area contributed by atoms with Crippen molar-refractivity contribution in [3.8, 4) is 0 Å². The van der Waals surface area contributed by atoms with Gasteiger partial charge in [-0.1, -0.05) is 25.8 Å². The lowest BCUT2D eigenvalue weighted by molar-refractivity contribution is 0.983. The molecular weight excluding hydrogens is 84.1 g/mol. The minimum Gasteiger partial charge on any atom is -0.103 e. The molecular formula is C7H14. The van der Waals surface area contributed by atoms with Gasteiger partial charge in [-0.2, -0.15) is 0 Å². The quantitative estimate of drug-likeness (QED) is 0.408. The molecule has 0 heterocycles. The molecule has 1 rings (SSSR count). The summed E-state index contributed by atoms with van der Waals surface area (Å²) in [7, 11) is 0. The van der Waals surface area contributed by atoms with Gasteiger partial charge in [-0.05, 0) is 12.8 Å². The maximum Gasteiger partial charge on any atom is -0.0443 e. The molecule has 1 saturated carbocycles. The van der Waals surface area contributed by atoms with Crippen molar-refractivity contribution in [2.45, 2.75) is 26.7 Å². The van der Waals surface area contributed by atoms with E-state index in [0.29, 0.717) is 0 Å². The van der Waals surface area contributed by atoms with E-state index in [9.17, 15) is 0 Å². The number of rotatable bonds is 0. The zero-order chi connectivity index (χ0) is 5.70. The van der Waals surface area contributed by atoms with Crippen molar-refractivity contribution in [2.75, 3.05) is 0 Å². The summed E-state index contributed by atoms with van der Waals surface area (Å²) >= 11 is 0. The topological polar surface area (TPSA) is 0 Å². The smallest absolute Gasteiger partial charge is 0.0443 e. The molecule has 1 aliphatic rings. The van der Waals surface area contributed by atoms with Crippen LogP contribution in [0.2, 0.25) is 0 Å². The molecule has 0 radical (unpaired) electrons. The summed E-state index contributed by atoms with van der Waals surface area (Å²) in [4.78, 5) is 0. The first-order valence-corrected chi connectivity index (χ1v) is 2.88. The third-order valence-corrected chi connectivity index (χ3v) is 0.866. The Bertz CT molecular complexity index is 42.0. The van der Waals surface area contributed by atoms with Gasteiger partial charge >= 0.3 is 0 Å². The Kier molecular flexibility index (Phi) is 3.77. The Morgan fingerprint density at radius 1 is 1.57 bits per heavy atom. The second-order valence-electron chi connectivity index (χ2n) is 2.09. The molecule has 0 bridgehead atoms.